The Bertz CT molecular complexity index is 881. The van der Waals surface area contributed by atoms with Crippen LogP contribution in [0.3, 0.4) is 0 Å². The Morgan fingerprint density at radius 2 is 1.97 bits per heavy atom. The molecule has 4 rings (SSSR count). The zero-order chi connectivity index (χ0) is 21.1. The van der Waals surface area contributed by atoms with Crippen molar-refractivity contribution in [3.63, 3.8) is 0 Å². The van der Waals surface area contributed by atoms with E-state index in [2.05, 4.69) is 17.4 Å². The monoisotopic (exact) mass is 412 g/mol. The van der Waals surface area contributed by atoms with Crippen LogP contribution in [0.1, 0.15) is 46.7 Å². The fraction of sp³-hybridized carbons (Fsp3) is 0.458. The maximum Gasteiger partial charge on any atom is 0.254 e. The topological polar surface area (TPSA) is 61.8 Å². The van der Waals surface area contributed by atoms with E-state index < -0.39 is 0 Å². The van der Waals surface area contributed by atoms with Crippen molar-refractivity contribution in [2.75, 3.05) is 26.7 Å². The lowest BCUT2D eigenvalue weighted by atomic mass is 9.96. The number of likely N-dealkylation sites (tertiary alicyclic amines) is 1. The first-order chi connectivity index (χ1) is 14.5. The first-order valence-corrected chi connectivity index (χ1v) is 10.7. The minimum atomic E-state index is -0.374. The van der Waals surface area contributed by atoms with Gasteiger partial charge in [-0.15, -0.1) is 0 Å². The number of hydrogen-bond donors (Lipinski definition) is 2. The van der Waals surface area contributed by atoms with Gasteiger partial charge in [0.1, 0.15) is 0 Å². The van der Waals surface area contributed by atoms with E-state index in [0.717, 1.165) is 37.8 Å². The normalized spacial score (nSPS) is 21.5. The van der Waals surface area contributed by atoms with Crippen molar-refractivity contribution in [2.24, 2.45) is 0 Å². The molecule has 0 bridgehead atoms. The second-order valence-electron chi connectivity index (χ2n) is 8.37. The summed E-state index contributed by atoms with van der Waals surface area (Å²) in [6.45, 7) is 1.71. The lowest BCUT2D eigenvalue weighted by Gasteiger charge is -2.35. The Morgan fingerprint density at radius 1 is 1.20 bits per heavy atom. The summed E-state index contributed by atoms with van der Waals surface area (Å²) < 4.78 is 18.6. The smallest absolute Gasteiger partial charge is 0.254 e. The number of benzene rings is 2. The second-order valence-corrected chi connectivity index (χ2v) is 8.37. The number of carbonyl (C=O) groups excluding carboxylic acids is 1. The van der Waals surface area contributed by atoms with Gasteiger partial charge in [0.15, 0.2) is 11.6 Å². The summed E-state index contributed by atoms with van der Waals surface area (Å²) in [5.41, 5.74) is 3.03. The Kier molecular flexibility index (Phi) is 6.35. The van der Waals surface area contributed by atoms with Crippen LogP contribution in [0, 0.1) is 5.82 Å². The molecule has 2 fully saturated rings. The van der Waals surface area contributed by atoms with Crippen LogP contribution in [0.5, 0.6) is 5.75 Å². The number of carbonyl (C=O) groups is 1. The molecule has 1 saturated carbocycles. The van der Waals surface area contributed by atoms with Crippen LogP contribution in [0.2, 0.25) is 0 Å². The second kappa shape index (κ2) is 9.14. The van der Waals surface area contributed by atoms with Gasteiger partial charge in [-0.1, -0.05) is 18.2 Å². The predicted molar refractivity (Wildman–Crippen MR) is 113 cm³/mol. The third kappa shape index (κ3) is 4.65. The van der Waals surface area contributed by atoms with Crippen molar-refractivity contribution >= 4 is 5.91 Å². The molecular formula is C24H29FN2O3. The molecule has 0 spiro atoms. The molecule has 5 nitrogen and oxygen atoms in total. The lowest BCUT2D eigenvalue weighted by Crippen LogP contribution is -2.53. The first kappa shape index (κ1) is 20.8. The molecule has 0 unspecified atom stereocenters. The van der Waals surface area contributed by atoms with Gasteiger partial charge in [0.05, 0.1) is 13.2 Å². The largest absolute Gasteiger partial charge is 0.494 e. The maximum atomic E-state index is 13.5. The minimum Gasteiger partial charge on any atom is -0.494 e. The predicted octanol–water partition coefficient (Wildman–Crippen LogP) is 3.12. The number of nitrogens with one attached hydrogen (secondary N) is 1. The molecule has 160 valence electrons. The third-order valence-electron chi connectivity index (χ3n) is 6.27. The van der Waals surface area contributed by atoms with E-state index in [4.69, 9.17) is 4.74 Å². The fourth-order valence-electron chi connectivity index (χ4n) is 4.45. The van der Waals surface area contributed by atoms with Crippen LogP contribution in [0.4, 0.5) is 4.39 Å². The van der Waals surface area contributed by atoms with E-state index >= 15 is 0 Å². The molecule has 1 aliphatic carbocycles. The molecule has 2 aromatic rings. The number of amides is 1. The molecular weight excluding hydrogens is 383 g/mol. The average molecular weight is 413 g/mol. The zero-order valence-electron chi connectivity index (χ0n) is 17.3. The van der Waals surface area contributed by atoms with E-state index in [1.807, 2.05) is 12.1 Å². The van der Waals surface area contributed by atoms with E-state index in [0.29, 0.717) is 36.4 Å². The highest BCUT2D eigenvalue weighted by atomic mass is 19.1. The van der Waals surface area contributed by atoms with Gasteiger partial charge in [-0.2, -0.15) is 0 Å². The highest BCUT2D eigenvalue weighted by Crippen LogP contribution is 2.34. The van der Waals surface area contributed by atoms with Crippen LogP contribution in [-0.2, 0) is 6.42 Å². The van der Waals surface area contributed by atoms with Gasteiger partial charge in [0, 0.05) is 24.7 Å². The van der Waals surface area contributed by atoms with Crippen LogP contribution >= 0.6 is 0 Å². The average Bonchev–Trinajstić information content (AvgIpc) is 3.21. The van der Waals surface area contributed by atoms with Gasteiger partial charge in [-0.25, -0.2) is 4.39 Å². The number of halogens is 1. The Morgan fingerprint density at radius 3 is 2.67 bits per heavy atom. The molecule has 1 amide bonds. The molecule has 0 aromatic heterocycles. The van der Waals surface area contributed by atoms with E-state index in [9.17, 15) is 14.3 Å². The first-order valence-electron chi connectivity index (χ1n) is 10.7. The molecule has 2 atom stereocenters. The van der Waals surface area contributed by atoms with Crippen LogP contribution in [0.25, 0.3) is 0 Å². The Balaban J connectivity index is 1.25. The number of hydrogen-bond acceptors (Lipinski definition) is 4. The van der Waals surface area contributed by atoms with Crippen molar-refractivity contribution < 1.29 is 19.0 Å². The fourth-order valence-corrected chi connectivity index (χ4v) is 4.45. The Labute approximate surface area is 176 Å². The number of aliphatic hydroxyl groups excluding tert-OH is 1. The molecule has 1 aliphatic heterocycles. The number of β-amino-alcohol motifs (C(OH)–C–C–N with tert-alkyl or cyclic N) is 1. The number of rotatable bonds is 7. The van der Waals surface area contributed by atoms with Crippen LogP contribution in [-0.4, -0.2) is 54.8 Å². The summed E-state index contributed by atoms with van der Waals surface area (Å²) in [5, 5.41) is 13.0. The summed E-state index contributed by atoms with van der Waals surface area (Å²) in [7, 11) is 1.48. The zero-order valence-corrected chi connectivity index (χ0v) is 17.3. The molecule has 1 heterocycles. The highest BCUT2D eigenvalue weighted by molar-refractivity contribution is 5.94. The molecule has 2 N–H and O–H groups in total. The summed E-state index contributed by atoms with van der Waals surface area (Å²) in [4.78, 5) is 14.0. The maximum absolute atomic E-state index is 13.5. The highest BCUT2D eigenvalue weighted by Gasteiger charge is 2.30. The number of aliphatic hydroxyl groups is 1. The Hall–Kier alpha value is -2.44. The number of ether oxygens (including phenoxy) is 1. The summed E-state index contributed by atoms with van der Waals surface area (Å²) in [5.74, 6) is 0.460. The minimum absolute atomic E-state index is 0.00441. The summed E-state index contributed by atoms with van der Waals surface area (Å²) in [6.07, 6.45) is 3.80. The van der Waals surface area contributed by atoms with Crippen molar-refractivity contribution in [1.82, 2.24) is 10.2 Å². The van der Waals surface area contributed by atoms with Gasteiger partial charge >= 0.3 is 0 Å². The summed E-state index contributed by atoms with van der Waals surface area (Å²) >= 11 is 0. The standard InChI is InChI=1S/C24H29FN2O3/c1-30-23-12-16(2-9-22(23)25)10-11-26-20-8-7-19(13-20)17-3-5-18(6-4-17)24(29)27-14-21(28)15-27/h2-6,9,12,19-21,26,28H,7-8,10-11,13-15H2,1H3/t19-,20+/m1/s1. The quantitative estimate of drug-likeness (QED) is 0.734. The van der Waals surface area contributed by atoms with Crippen LogP contribution in [0.15, 0.2) is 42.5 Å². The van der Waals surface area contributed by atoms with E-state index in [1.54, 1.807) is 17.0 Å². The van der Waals surface area contributed by atoms with Crippen molar-refractivity contribution in [3.8, 4) is 5.75 Å². The molecule has 0 radical (unpaired) electrons. The lowest BCUT2D eigenvalue weighted by molar-refractivity contribution is 0.00589. The van der Waals surface area contributed by atoms with Crippen molar-refractivity contribution in [1.29, 1.82) is 0 Å². The molecule has 6 heteroatoms. The number of methoxy groups -OCH3 is 1. The molecule has 1 saturated heterocycles. The van der Waals surface area contributed by atoms with Gasteiger partial charge in [-0.3, -0.25) is 4.79 Å². The van der Waals surface area contributed by atoms with Gasteiger partial charge in [0.2, 0.25) is 0 Å². The van der Waals surface area contributed by atoms with Crippen molar-refractivity contribution in [2.45, 2.75) is 43.7 Å². The summed E-state index contributed by atoms with van der Waals surface area (Å²) in [6, 6.07) is 13.5. The van der Waals surface area contributed by atoms with Gasteiger partial charge < -0.3 is 20.1 Å². The SMILES string of the molecule is COc1cc(CCN[C@H]2CC[C@@H](c3ccc(C(=O)N4CC(O)C4)cc3)C2)ccc1F. The van der Waals surface area contributed by atoms with E-state index in [1.165, 1.54) is 18.7 Å². The third-order valence-corrected chi connectivity index (χ3v) is 6.27. The number of nitrogens with zero attached hydrogens (tertiary/aromatic N) is 1. The van der Waals surface area contributed by atoms with E-state index in [-0.39, 0.29) is 17.8 Å². The van der Waals surface area contributed by atoms with Crippen LogP contribution < -0.4 is 10.1 Å². The molecule has 2 aromatic carbocycles. The molecule has 2 aliphatic rings. The van der Waals surface area contributed by atoms with Gasteiger partial charge in [-0.05, 0) is 73.5 Å². The van der Waals surface area contributed by atoms with Gasteiger partial charge in [0.25, 0.3) is 5.91 Å². The van der Waals surface area contributed by atoms with Crippen molar-refractivity contribution in [3.05, 3.63) is 65.0 Å². The molecule has 30 heavy (non-hydrogen) atoms.